The summed E-state index contributed by atoms with van der Waals surface area (Å²) >= 11 is 0. The molecule has 0 atom stereocenters. The second kappa shape index (κ2) is 4.68. The van der Waals surface area contributed by atoms with Gasteiger partial charge in [-0.2, -0.15) is 0 Å². The highest BCUT2D eigenvalue weighted by atomic mass is 19.3. The molecule has 1 aliphatic heterocycles. The molecule has 0 radical (unpaired) electrons. The molecule has 2 aliphatic rings. The molecule has 0 aromatic heterocycles. The number of nitrogens with zero attached hydrogens (tertiary/aromatic N) is 2. The lowest BCUT2D eigenvalue weighted by Crippen LogP contribution is -2.40. The molecule has 0 unspecified atom stereocenters. The van der Waals surface area contributed by atoms with Gasteiger partial charge in [-0.05, 0) is 31.0 Å². The molecule has 1 aromatic carbocycles. The van der Waals surface area contributed by atoms with E-state index in [1.807, 2.05) is 37.2 Å². The van der Waals surface area contributed by atoms with E-state index in [2.05, 4.69) is 0 Å². The summed E-state index contributed by atoms with van der Waals surface area (Å²) in [6.45, 7) is 0.862. The number of piperidine rings is 1. The highest BCUT2D eigenvalue weighted by Gasteiger charge is 2.70. The van der Waals surface area contributed by atoms with Gasteiger partial charge in [0.25, 0.3) is 11.8 Å². The summed E-state index contributed by atoms with van der Waals surface area (Å²) in [5.41, 5.74) is 0.776. The summed E-state index contributed by atoms with van der Waals surface area (Å²) in [4.78, 5) is 16.1. The maximum absolute atomic E-state index is 13.4. The monoisotopic (exact) mass is 294 g/mol. The van der Waals surface area contributed by atoms with Crippen LogP contribution >= 0.6 is 0 Å². The lowest BCUT2D eigenvalue weighted by Gasteiger charge is -2.32. The maximum Gasteiger partial charge on any atom is 0.254 e. The van der Waals surface area contributed by atoms with Crippen molar-refractivity contribution in [1.29, 1.82) is 0 Å². The minimum absolute atomic E-state index is 0.00184. The van der Waals surface area contributed by atoms with Crippen molar-refractivity contribution in [2.45, 2.75) is 25.2 Å². The molecule has 0 bridgehead atoms. The van der Waals surface area contributed by atoms with E-state index in [0.29, 0.717) is 31.5 Å². The summed E-state index contributed by atoms with van der Waals surface area (Å²) < 4.78 is 26.7. The number of hydrogen-bond acceptors (Lipinski definition) is 2. The van der Waals surface area contributed by atoms with Crippen LogP contribution in [0.25, 0.3) is 0 Å². The van der Waals surface area contributed by atoms with Crippen molar-refractivity contribution in [3.63, 3.8) is 0 Å². The average molecular weight is 294 g/mol. The molecule has 1 spiro atoms. The molecule has 1 aromatic rings. The molecular weight excluding hydrogens is 274 g/mol. The Hall–Kier alpha value is -1.65. The van der Waals surface area contributed by atoms with Crippen molar-refractivity contribution < 1.29 is 13.6 Å². The summed E-state index contributed by atoms with van der Waals surface area (Å²) in [5, 5.41) is 0. The van der Waals surface area contributed by atoms with Crippen LogP contribution in [0.3, 0.4) is 0 Å². The summed E-state index contributed by atoms with van der Waals surface area (Å²) in [7, 11) is 3.84. The van der Waals surface area contributed by atoms with E-state index in [1.54, 1.807) is 11.0 Å². The lowest BCUT2D eigenvalue weighted by atomic mass is 9.92. The fourth-order valence-electron chi connectivity index (χ4n) is 3.16. The second-order valence-electron chi connectivity index (χ2n) is 6.40. The number of rotatable bonds is 2. The maximum atomic E-state index is 13.4. The zero-order valence-corrected chi connectivity index (χ0v) is 12.4. The van der Waals surface area contributed by atoms with Crippen LogP contribution in [0.1, 0.15) is 29.6 Å². The first kappa shape index (κ1) is 14.3. The number of anilines is 1. The number of hydrogen-bond donors (Lipinski definition) is 0. The predicted molar refractivity (Wildman–Crippen MR) is 77.9 cm³/mol. The molecular formula is C16H20F2N2O. The van der Waals surface area contributed by atoms with Crippen molar-refractivity contribution in [3.8, 4) is 0 Å². The van der Waals surface area contributed by atoms with Gasteiger partial charge < -0.3 is 9.80 Å². The lowest BCUT2D eigenvalue weighted by molar-refractivity contribution is 0.0284. The van der Waals surface area contributed by atoms with Gasteiger partial charge in [-0.15, -0.1) is 0 Å². The van der Waals surface area contributed by atoms with Gasteiger partial charge in [-0.1, -0.05) is 6.07 Å². The molecule has 3 rings (SSSR count). The Kier molecular flexibility index (Phi) is 3.19. The zero-order chi connectivity index (χ0) is 15.3. The van der Waals surface area contributed by atoms with Crippen molar-refractivity contribution in [2.24, 2.45) is 5.41 Å². The van der Waals surface area contributed by atoms with Crippen molar-refractivity contribution in [1.82, 2.24) is 4.90 Å². The standard InChI is InChI=1S/C16H20F2N2O/c1-19(2)13-5-3-4-12(10-13)14(21)20-8-6-15(7-9-20)11-16(15,17)18/h3-5,10H,6-9,11H2,1-2H3. The van der Waals surface area contributed by atoms with Gasteiger partial charge in [-0.3, -0.25) is 4.79 Å². The molecule has 1 heterocycles. The Labute approximate surface area is 123 Å². The first-order valence-corrected chi connectivity index (χ1v) is 7.29. The van der Waals surface area contributed by atoms with Crippen LogP contribution in [0.4, 0.5) is 14.5 Å². The van der Waals surface area contributed by atoms with Crippen molar-refractivity contribution in [3.05, 3.63) is 29.8 Å². The Morgan fingerprint density at radius 3 is 2.38 bits per heavy atom. The summed E-state index contributed by atoms with van der Waals surface area (Å²) in [6.07, 6.45) is 0.830. The van der Waals surface area contributed by atoms with E-state index < -0.39 is 11.3 Å². The fraction of sp³-hybridized carbons (Fsp3) is 0.562. The highest BCUT2D eigenvalue weighted by molar-refractivity contribution is 5.95. The number of likely N-dealkylation sites (tertiary alicyclic amines) is 1. The Bertz CT molecular complexity index is 563. The first-order chi connectivity index (χ1) is 9.85. The van der Waals surface area contributed by atoms with Crippen LogP contribution in [0.2, 0.25) is 0 Å². The van der Waals surface area contributed by atoms with Gasteiger partial charge in [0.15, 0.2) is 0 Å². The number of carbonyl (C=O) groups excluding carboxylic acids is 1. The Morgan fingerprint density at radius 2 is 1.86 bits per heavy atom. The van der Waals surface area contributed by atoms with E-state index in [-0.39, 0.29) is 12.3 Å². The number of halogens is 2. The number of carbonyl (C=O) groups is 1. The van der Waals surface area contributed by atoms with Crippen LogP contribution in [0, 0.1) is 5.41 Å². The van der Waals surface area contributed by atoms with Crippen LogP contribution < -0.4 is 4.90 Å². The second-order valence-corrected chi connectivity index (χ2v) is 6.40. The molecule has 114 valence electrons. The van der Waals surface area contributed by atoms with E-state index in [1.165, 1.54) is 0 Å². The van der Waals surface area contributed by atoms with Gasteiger partial charge >= 0.3 is 0 Å². The molecule has 2 fully saturated rings. The smallest absolute Gasteiger partial charge is 0.254 e. The molecule has 1 saturated carbocycles. The third-order valence-electron chi connectivity index (χ3n) is 4.83. The highest BCUT2D eigenvalue weighted by Crippen LogP contribution is 2.65. The minimum Gasteiger partial charge on any atom is -0.378 e. The largest absolute Gasteiger partial charge is 0.378 e. The van der Waals surface area contributed by atoms with Crippen LogP contribution in [-0.2, 0) is 0 Å². The summed E-state index contributed by atoms with van der Waals surface area (Å²) in [5.74, 6) is -2.56. The van der Waals surface area contributed by atoms with Crippen molar-refractivity contribution in [2.75, 3.05) is 32.1 Å². The molecule has 21 heavy (non-hydrogen) atoms. The van der Waals surface area contributed by atoms with Gasteiger partial charge in [0, 0.05) is 50.3 Å². The predicted octanol–water partition coefficient (Wildman–Crippen LogP) is 3.01. The van der Waals surface area contributed by atoms with E-state index in [4.69, 9.17) is 0 Å². The average Bonchev–Trinajstić information content (AvgIpc) is 2.99. The Morgan fingerprint density at radius 1 is 1.24 bits per heavy atom. The topological polar surface area (TPSA) is 23.6 Å². The summed E-state index contributed by atoms with van der Waals surface area (Å²) in [6, 6.07) is 7.42. The van der Waals surface area contributed by atoms with Gasteiger partial charge in [0.05, 0.1) is 0 Å². The molecule has 3 nitrogen and oxygen atoms in total. The quantitative estimate of drug-likeness (QED) is 0.837. The molecule has 0 N–H and O–H groups in total. The van der Waals surface area contributed by atoms with Crippen LogP contribution in [0.5, 0.6) is 0 Å². The first-order valence-electron chi connectivity index (χ1n) is 7.29. The molecule has 5 heteroatoms. The SMILES string of the molecule is CN(C)c1cccc(C(=O)N2CCC3(CC2)CC3(F)F)c1. The third-order valence-corrected chi connectivity index (χ3v) is 4.83. The van der Waals surface area contributed by atoms with Crippen LogP contribution in [-0.4, -0.2) is 43.9 Å². The molecule has 1 aliphatic carbocycles. The van der Waals surface area contributed by atoms with E-state index in [0.717, 1.165) is 5.69 Å². The Balaban J connectivity index is 1.68. The number of benzene rings is 1. The molecule has 1 saturated heterocycles. The van der Waals surface area contributed by atoms with Gasteiger partial charge in [0.2, 0.25) is 0 Å². The number of amides is 1. The normalized spacial score (nSPS) is 22.2. The van der Waals surface area contributed by atoms with Gasteiger partial charge in [-0.25, -0.2) is 8.78 Å². The zero-order valence-electron chi connectivity index (χ0n) is 12.4. The van der Waals surface area contributed by atoms with E-state index >= 15 is 0 Å². The number of alkyl halides is 2. The fourth-order valence-corrected chi connectivity index (χ4v) is 3.16. The van der Waals surface area contributed by atoms with Crippen LogP contribution in [0.15, 0.2) is 24.3 Å². The third kappa shape index (κ3) is 2.39. The molecule has 1 amide bonds. The van der Waals surface area contributed by atoms with E-state index in [9.17, 15) is 13.6 Å². The van der Waals surface area contributed by atoms with Crippen molar-refractivity contribution >= 4 is 11.6 Å². The minimum atomic E-state index is -2.51. The van der Waals surface area contributed by atoms with Gasteiger partial charge in [0.1, 0.15) is 0 Å².